The quantitative estimate of drug-likeness (QED) is 0.832. The molecule has 0 aliphatic heterocycles. The third kappa shape index (κ3) is 3.49. The molecule has 2 rings (SSSR count). The lowest BCUT2D eigenvalue weighted by Crippen LogP contribution is -1.84. The maximum Gasteiger partial charge on any atom is 0.137 e. The molecule has 0 amide bonds. The van der Waals surface area contributed by atoms with Crippen molar-refractivity contribution in [2.45, 2.75) is 0 Å². The summed E-state index contributed by atoms with van der Waals surface area (Å²) in [4.78, 5) is 4.27. The van der Waals surface area contributed by atoms with Crippen LogP contribution in [0.5, 0.6) is 11.5 Å². The van der Waals surface area contributed by atoms with Gasteiger partial charge >= 0.3 is 0 Å². The van der Waals surface area contributed by atoms with Crippen molar-refractivity contribution in [2.75, 3.05) is 7.11 Å². The molecule has 0 aliphatic rings. The maximum absolute atomic E-state index is 9.69. The zero-order valence-electron chi connectivity index (χ0n) is 10.1. The SMILES string of the molecule is COc1ccc(N=Cc2cc(Br)ccc2O)cc1Cl. The van der Waals surface area contributed by atoms with Crippen molar-refractivity contribution in [2.24, 2.45) is 4.99 Å². The van der Waals surface area contributed by atoms with Crippen molar-refractivity contribution < 1.29 is 9.84 Å². The predicted molar refractivity (Wildman–Crippen MR) is 81.1 cm³/mol. The summed E-state index contributed by atoms with van der Waals surface area (Å²) in [5.74, 6) is 0.775. The number of benzene rings is 2. The fraction of sp³-hybridized carbons (Fsp3) is 0.0714. The van der Waals surface area contributed by atoms with Crippen LogP contribution in [-0.4, -0.2) is 18.4 Å². The normalized spacial score (nSPS) is 10.9. The van der Waals surface area contributed by atoms with E-state index in [0.717, 1.165) is 4.47 Å². The van der Waals surface area contributed by atoms with E-state index in [4.69, 9.17) is 16.3 Å². The van der Waals surface area contributed by atoms with Gasteiger partial charge in [-0.25, -0.2) is 0 Å². The Kier molecular flexibility index (Phi) is 4.45. The van der Waals surface area contributed by atoms with Crippen molar-refractivity contribution in [1.82, 2.24) is 0 Å². The monoisotopic (exact) mass is 339 g/mol. The van der Waals surface area contributed by atoms with E-state index in [-0.39, 0.29) is 5.75 Å². The first kappa shape index (κ1) is 13.9. The first-order valence-corrected chi connectivity index (χ1v) is 6.63. The van der Waals surface area contributed by atoms with Crippen LogP contribution < -0.4 is 4.74 Å². The van der Waals surface area contributed by atoms with E-state index in [1.807, 2.05) is 0 Å². The number of phenolic OH excluding ortho intramolecular Hbond substituents is 1. The second-order valence-corrected chi connectivity index (χ2v) is 5.10. The zero-order valence-corrected chi connectivity index (χ0v) is 12.4. The van der Waals surface area contributed by atoms with Crippen molar-refractivity contribution in [3.05, 3.63) is 51.5 Å². The molecule has 0 spiro atoms. The number of phenols is 1. The molecule has 0 saturated carbocycles. The lowest BCUT2D eigenvalue weighted by Gasteiger charge is -2.03. The van der Waals surface area contributed by atoms with Gasteiger partial charge in [0, 0.05) is 16.3 Å². The predicted octanol–water partition coefficient (Wildman–Crippen LogP) is 4.57. The minimum Gasteiger partial charge on any atom is -0.507 e. The highest BCUT2D eigenvalue weighted by Gasteiger charge is 2.02. The number of nitrogens with zero attached hydrogens (tertiary/aromatic N) is 1. The van der Waals surface area contributed by atoms with Crippen molar-refractivity contribution >= 4 is 39.4 Å². The number of hydrogen-bond donors (Lipinski definition) is 1. The standard InChI is InChI=1S/C14H11BrClNO2/c1-19-14-5-3-11(7-12(14)16)17-8-9-6-10(15)2-4-13(9)18/h2-8,18H,1H3. The van der Waals surface area contributed by atoms with Crippen molar-refractivity contribution in [3.63, 3.8) is 0 Å². The molecule has 0 heterocycles. The number of aliphatic imine (C=N–C) groups is 1. The Labute approximate surface area is 124 Å². The molecule has 0 unspecified atom stereocenters. The molecule has 19 heavy (non-hydrogen) atoms. The molecular formula is C14H11BrClNO2. The number of hydrogen-bond acceptors (Lipinski definition) is 3. The molecule has 0 aromatic heterocycles. The van der Waals surface area contributed by atoms with E-state index in [0.29, 0.717) is 22.0 Å². The van der Waals surface area contributed by atoms with Crippen molar-refractivity contribution in [3.8, 4) is 11.5 Å². The minimum absolute atomic E-state index is 0.173. The zero-order chi connectivity index (χ0) is 13.8. The summed E-state index contributed by atoms with van der Waals surface area (Å²) in [5, 5.41) is 10.2. The molecule has 0 fully saturated rings. The summed E-state index contributed by atoms with van der Waals surface area (Å²) in [7, 11) is 1.56. The van der Waals surface area contributed by atoms with Gasteiger partial charge in [0.15, 0.2) is 0 Å². The van der Waals surface area contributed by atoms with Crippen LogP contribution >= 0.6 is 27.5 Å². The molecule has 0 bridgehead atoms. The highest BCUT2D eigenvalue weighted by atomic mass is 79.9. The molecule has 0 atom stereocenters. The first-order valence-electron chi connectivity index (χ1n) is 5.46. The molecule has 2 aromatic rings. The number of rotatable bonds is 3. The Bertz CT molecular complexity index is 629. The average molecular weight is 341 g/mol. The van der Waals surface area contributed by atoms with Crippen LogP contribution in [0.2, 0.25) is 5.02 Å². The lowest BCUT2D eigenvalue weighted by atomic mass is 10.2. The number of aromatic hydroxyl groups is 1. The molecule has 2 aromatic carbocycles. The minimum atomic E-state index is 0.173. The van der Waals surface area contributed by atoms with Crippen LogP contribution in [0, 0.1) is 0 Å². The van der Waals surface area contributed by atoms with E-state index in [1.54, 1.807) is 49.7 Å². The summed E-state index contributed by atoms with van der Waals surface area (Å²) in [6.07, 6.45) is 1.58. The van der Waals surface area contributed by atoms with E-state index < -0.39 is 0 Å². The summed E-state index contributed by atoms with van der Waals surface area (Å²) >= 11 is 9.35. The smallest absolute Gasteiger partial charge is 0.137 e. The van der Waals surface area contributed by atoms with Crippen LogP contribution in [-0.2, 0) is 0 Å². The second kappa shape index (κ2) is 6.08. The van der Waals surface area contributed by atoms with E-state index in [9.17, 15) is 5.11 Å². The van der Waals surface area contributed by atoms with Gasteiger partial charge < -0.3 is 9.84 Å². The van der Waals surface area contributed by atoms with Gasteiger partial charge in [0.2, 0.25) is 0 Å². The summed E-state index contributed by atoms with van der Waals surface area (Å²) in [6.45, 7) is 0. The van der Waals surface area contributed by atoms with Crippen molar-refractivity contribution in [1.29, 1.82) is 0 Å². The van der Waals surface area contributed by atoms with E-state index in [2.05, 4.69) is 20.9 Å². The highest BCUT2D eigenvalue weighted by Crippen LogP contribution is 2.29. The van der Waals surface area contributed by atoms with Gasteiger partial charge in [0.25, 0.3) is 0 Å². The summed E-state index contributed by atoms with van der Waals surface area (Å²) in [6, 6.07) is 10.4. The fourth-order valence-electron chi connectivity index (χ4n) is 1.51. The second-order valence-electron chi connectivity index (χ2n) is 3.78. The van der Waals surface area contributed by atoms with Crippen LogP contribution in [0.15, 0.2) is 45.9 Å². The Morgan fingerprint density at radius 2 is 2.05 bits per heavy atom. The lowest BCUT2D eigenvalue weighted by molar-refractivity contribution is 0.415. The molecule has 0 aliphatic carbocycles. The highest BCUT2D eigenvalue weighted by molar-refractivity contribution is 9.10. The van der Waals surface area contributed by atoms with Gasteiger partial charge in [-0.2, -0.15) is 0 Å². The summed E-state index contributed by atoms with van der Waals surface area (Å²) in [5.41, 5.74) is 1.31. The first-order chi connectivity index (χ1) is 9.10. The van der Waals surface area contributed by atoms with Crippen LogP contribution in [0.4, 0.5) is 5.69 Å². The summed E-state index contributed by atoms with van der Waals surface area (Å²) < 4.78 is 5.94. The van der Waals surface area contributed by atoms with E-state index >= 15 is 0 Å². The van der Waals surface area contributed by atoms with Crippen LogP contribution in [0.3, 0.4) is 0 Å². The van der Waals surface area contributed by atoms with Gasteiger partial charge in [-0.15, -0.1) is 0 Å². The van der Waals surface area contributed by atoms with Gasteiger partial charge in [-0.3, -0.25) is 4.99 Å². The number of methoxy groups -OCH3 is 1. The van der Waals surface area contributed by atoms with Gasteiger partial charge in [0.05, 0.1) is 17.8 Å². The molecule has 5 heteroatoms. The largest absolute Gasteiger partial charge is 0.507 e. The Morgan fingerprint density at radius 1 is 1.26 bits per heavy atom. The number of halogens is 2. The molecule has 0 radical (unpaired) electrons. The molecule has 0 saturated heterocycles. The van der Waals surface area contributed by atoms with Crippen LogP contribution in [0.1, 0.15) is 5.56 Å². The molecule has 3 nitrogen and oxygen atoms in total. The van der Waals surface area contributed by atoms with Gasteiger partial charge in [0.1, 0.15) is 11.5 Å². The van der Waals surface area contributed by atoms with Crippen LogP contribution in [0.25, 0.3) is 0 Å². The van der Waals surface area contributed by atoms with E-state index in [1.165, 1.54) is 0 Å². The molecule has 1 N–H and O–H groups in total. The van der Waals surface area contributed by atoms with Gasteiger partial charge in [-0.05, 0) is 36.4 Å². The van der Waals surface area contributed by atoms with Gasteiger partial charge in [-0.1, -0.05) is 27.5 Å². The Hall–Kier alpha value is -1.52. The maximum atomic E-state index is 9.69. The Morgan fingerprint density at radius 3 is 2.74 bits per heavy atom. The topological polar surface area (TPSA) is 41.8 Å². The third-order valence-electron chi connectivity index (χ3n) is 2.48. The fourth-order valence-corrected chi connectivity index (χ4v) is 2.14. The average Bonchev–Trinajstić information content (AvgIpc) is 2.40. The Balaban J connectivity index is 2.27. The molecule has 98 valence electrons. The third-order valence-corrected chi connectivity index (χ3v) is 3.27. The molecular weight excluding hydrogens is 330 g/mol. The number of ether oxygens (including phenoxy) is 1.